The molecule has 0 saturated heterocycles. The highest BCUT2D eigenvalue weighted by Crippen LogP contribution is 2.13. The zero-order valence-corrected chi connectivity index (χ0v) is 37.3. The summed E-state index contributed by atoms with van der Waals surface area (Å²) in [5.41, 5.74) is 0. The molecule has 0 amide bonds. The number of rotatable bonds is 54. The molecule has 0 saturated carbocycles. The quantitative estimate of drug-likeness (QED) is 0.0548. The molecule has 0 fully saturated rings. The van der Waals surface area contributed by atoms with Crippen molar-refractivity contribution >= 4 is 0 Å². The molecule has 0 aromatic rings. The molecule has 57 heavy (non-hydrogen) atoms. The minimum absolute atomic E-state index is 0.522. The predicted octanol–water partition coefficient (Wildman–Crippen LogP) is 8.64. The molecule has 0 unspecified atom stereocenters. The summed E-state index contributed by atoms with van der Waals surface area (Å²) >= 11 is 0. The molecule has 0 aliphatic carbocycles. The lowest BCUT2D eigenvalue weighted by atomic mass is 10.0. The monoisotopic (exact) mass is 825 g/mol. The van der Waals surface area contributed by atoms with Crippen LogP contribution in [0.1, 0.15) is 136 Å². The van der Waals surface area contributed by atoms with Gasteiger partial charge in [0, 0.05) is 13.2 Å². The van der Waals surface area contributed by atoms with E-state index >= 15 is 0 Å². The van der Waals surface area contributed by atoms with Gasteiger partial charge in [-0.15, -0.1) is 0 Å². The van der Waals surface area contributed by atoms with Gasteiger partial charge in [-0.2, -0.15) is 0 Å². The van der Waals surface area contributed by atoms with Gasteiger partial charge < -0.3 is 56.8 Å². The largest absolute Gasteiger partial charge is 0.379 e. The Hall–Kier alpha value is -0.480. The van der Waals surface area contributed by atoms with E-state index in [1.54, 1.807) is 0 Å². The molecule has 12 nitrogen and oxygen atoms in total. The van der Waals surface area contributed by atoms with Crippen LogP contribution >= 0.6 is 0 Å². The van der Waals surface area contributed by atoms with Gasteiger partial charge in [-0.1, -0.05) is 123 Å². The number of hydrogen-bond acceptors (Lipinski definition) is 12. The van der Waals surface area contributed by atoms with Crippen molar-refractivity contribution in [2.45, 2.75) is 136 Å². The van der Waals surface area contributed by atoms with E-state index in [1.165, 1.54) is 109 Å². The summed E-state index contributed by atoms with van der Waals surface area (Å²) in [5.74, 6) is 0. The van der Waals surface area contributed by atoms with Crippen LogP contribution in [0.5, 0.6) is 0 Å². The van der Waals surface area contributed by atoms with Crippen molar-refractivity contribution in [2.24, 2.45) is 0 Å². The van der Waals surface area contributed by atoms with Gasteiger partial charge in [-0.3, -0.25) is 0 Å². The van der Waals surface area contributed by atoms with Crippen LogP contribution in [0.15, 0.2) is 0 Å². The van der Waals surface area contributed by atoms with Crippen molar-refractivity contribution in [2.75, 3.05) is 159 Å². The highest BCUT2D eigenvalue weighted by Gasteiger charge is 1.98. The fourth-order valence-corrected chi connectivity index (χ4v) is 5.73. The Morgan fingerprint density at radius 1 is 0.140 bits per heavy atom. The summed E-state index contributed by atoms with van der Waals surface area (Å²) < 4.78 is 66.4. The van der Waals surface area contributed by atoms with Gasteiger partial charge in [-0.25, -0.2) is 0 Å². The Morgan fingerprint density at radius 3 is 0.456 bits per heavy atom. The maximum atomic E-state index is 5.70. The molecule has 0 rings (SSSR count). The van der Waals surface area contributed by atoms with Crippen molar-refractivity contribution in [1.82, 2.24) is 0 Å². The lowest BCUT2D eigenvalue weighted by Gasteiger charge is -2.09. The van der Waals surface area contributed by atoms with E-state index in [2.05, 4.69) is 13.8 Å². The van der Waals surface area contributed by atoms with Crippen LogP contribution < -0.4 is 0 Å². The van der Waals surface area contributed by atoms with E-state index < -0.39 is 0 Å². The van der Waals surface area contributed by atoms with Crippen LogP contribution in [0.25, 0.3) is 0 Å². The van der Waals surface area contributed by atoms with Crippen LogP contribution in [-0.4, -0.2) is 159 Å². The molecule has 0 N–H and O–H groups in total. The van der Waals surface area contributed by atoms with Crippen molar-refractivity contribution in [1.29, 1.82) is 0 Å². The number of unbranched alkanes of at least 4 members (excludes halogenated alkanes) is 17. The Kier molecular flexibility index (Phi) is 55.1. The number of hydrogen-bond donors (Lipinski definition) is 0. The summed E-state index contributed by atoms with van der Waals surface area (Å²) in [7, 11) is 0. The lowest BCUT2D eigenvalue weighted by Crippen LogP contribution is -2.15. The second kappa shape index (κ2) is 55.5. The van der Waals surface area contributed by atoms with Gasteiger partial charge in [0.1, 0.15) is 0 Å². The van der Waals surface area contributed by atoms with E-state index in [-0.39, 0.29) is 0 Å². The second-order valence-corrected chi connectivity index (χ2v) is 14.4. The van der Waals surface area contributed by atoms with Crippen LogP contribution in [-0.2, 0) is 56.8 Å². The summed E-state index contributed by atoms with van der Waals surface area (Å²) in [6.45, 7) is 18.3. The predicted molar refractivity (Wildman–Crippen MR) is 229 cm³/mol. The molecule has 0 aromatic carbocycles. The average molecular weight is 825 g/mol. The van der Waals surface area contributed by atoms with E-state index in [4.69, 9.17) is 56.8 Å². The van der Waals surface area contributed by atoms with Gasteiger partial charge in [0.05, 0.1) is 145 Å². The third-order valence-corrected chi connectivity index (χ3v) is 9.13. The maximum absolute atomic E-state index is 5.70. The smallest absolute Gasteiger partial charge is 0.0701 e. The molecular formula is C45H92O12. The van der Waals surface area contributed by atoms with E-state index in [0.29, 0.717) is 145 Å². The molecular weight excluding hydrogens is 732 g/mol. The Bertz CT molecular complexity index is 624. The zero-order valence-electron chi connectivity index (χ0n) is 37.3. The van der Waals surface area contributed by atoms with Gasteiger partial charge in [-0.05, 0) is 12.8 Å². The van der Waals surface area contributed by atoms with Crippen molar-refractivity contribution in [3.63, 3.8) is 0 Å². The number of ether oxygens (including phenoxy) is 12. The molecule has 0 radical (unpaired) electrons. The fraction of sp³-hybridized carbons (Fsp3) is 1.00. The van der Waals surface area contributed by atoms with Crippen molar-refractivity contribution in [3.05, 3.63) is 0 Å². The topological polar surface area (TPSA) is 111 Å². The minimum Gasteiger partial charge on any atom is -0.379 e. The highest BCUT2D eigenvalue weighted by atomic mass is 16.6. The van der Waals surface area contributed by atoms with E-state index in [1.807, 2.05) is 0 Å². The van der Waals surface area contributed by atoms with Gasteiger partial charge in [0.25, 0.3) is 0 Å². The molecule has 12 heteroatoms. The molecule has 0 atom stereocenters. The first-order valence-corrected chi connectivity index (χ1v) is 23.3. The standard InChI is InChI=1S/C45H92O12/c1-3-5-7-8-9-10-11-12-13-14-15-16-17-18-19-21-23-47-25-27-49-29-31-51-33-35-53-37-39-55-41-43-57-45-44-56-42-40-54-38-36-52-34-32-50-30-28-48-26-24-46-22-20-6-4-2/h3-45H2,1-2H3. The van der Waals surface area contributed by atoms with Crippen molar-refractivity contribution < 1.29 is 56.8 Å². The third-order valence-electron chi connectivity index (χ3n) is 9.13. The molecule has 0 aliphatic heterocycles. The summed E-state index contributed by atoms with van der Waals surface area (Å²) in [4.78, 5) is 0. The molecule has 0 heterocycles. The SMILES string of the molecule is CCCCCCCCCCCCCCCCCCOCCOCCOCCOCCOCCOCCOCCOCCOCCOCCOCCOCCCCC. The van der Waals surface area contributed by atoms with Gasteiger partial charge >= 0.3 is 0 Å². The normalized spacial score (nSPS) is 11.7. The molecule has 0 aromatic heterocycles. The summed E-state index contributed by atoms with van der Waals surface area (Å²) in [6.07, 6.45) is 25.8. The Balaban J connectivity index is 3.05. The van der Waals surface area contributed by atoms with E-state index in [0.717, 1.165) is 26.1 Å². The van der Waals surface area contributed by atoms with Crippen LogP contribution in [0.2, 0.25) is 0 Å². The average Bonchev–Trinajstić information content (AvgIpc) is 3.22. The molecule has 0 aliphatic rings. The van der Waals surface area contributed by atoms with Gasteiger partial charge in [0.2, 0.25) is 0 Å². The highest BCUT2D eigenvalue weighted by molar-refractivity contribution is 4.50. The van der Waals surface area contributed by atoms with Crippen LogP contribution in [0, 0.1) is 0 Å². The molecule has 0 bridgehead atoms. The van der Waals surface area contributed by atoms with Crippen LogP contribution in [0.4, 0.5) is 0 Å². The summed E-state index contributed by atoms with van der Waals surface area (Å²) in [5, 5.41) is 0. The lowest BCUT2D eigenvalue weighted by molar-refractivity contribution is -0.0284. The first-order valence-electron chi connectivity index (χ1n) is 23.3. The second-order valence-electron chi connectivity index (χ2n) is 14.4. The Morgan fingerprint density at radius 2 is 0.263 bits per heavy atom. The Labute approximate surface area is 350 Å². The minimum atomic E-state index is 0.522. The van der Waals surface area contributed by atoms with Crippen LogP contribution in [0.3, 0.4) is 0 Å². The molecule has 0 spiro atoms. The van der Waals surface area contributed by atoms with E-state index in [9.17, 15) is 0 Å². The van der Waals surface area contributed by atoms with Gasteiger partial charge in [0.15, 0.2) is 0 Å². The maximum Gasteiger partial charge on any atom is 0.0701 e. The third kappa shape index (κ3) is 55.5. The van der Waals surface area contributed by atoms with Crippen molar-refractivity contribution in [3.8, 4) is 0 Å². The summed E-state index contributed by atoms with van der Waals surface area (Å²) in [6, 6.07) is 0. The first kappa shape index (κ1) is 56.5. The zero-order chi connectivity index (χ0) is 40.9. The molecule has 344 valence electrons. The first-order chi connectivity index (χ1) is 28.4. The fourth-order valence-electron chi connectivity index (χ4n) is 5.73.